The van der Waals surface area contributed by atoms with Crippen LogP contribution in [-0.4, -0.2) is 40.4 Å². The van der Waals surface area contributed by atoms with Crippen LogP contribution in [0.5, 0.6) is 5.75 Å². The predicted molar refractivity (Wildman–Crippen MR) is 107 cm³/mol. The number of aromatic nitrogens is 3. The quantitative estimate of drug-likeness (QED) is 0.421. The molecule has 3 aromatic rings. The number of nitrogens with one attached hydrogen (secondary N) is 1. The molecule has 0 saturated carbocycles. The Morgan fingerprint density at radius 2 is 2.03 bits per heavy atom. The molecule has 0 aliphatic rings. The zero-order valence-electron chi connectivity index (χ0n) is 16.2. The molecule has 11 heteroatoms. The van der Waals surface area contributed by atoms with Crippen LogP contribution in [0.4, 0.5) is 5.69 Å². The van der Waals surface area contributed by atoms with Crippen LogP contribution in [0.3, 0.4) is 0 Å². The van der Waals surface area contributed by atoms with Gasteiger partial charge in [0.05, 0.1) is 18.4 Å². The van der Waals surface area contributed by atoms with Gasteiger partial charge in [-0.25, -0.2) is 4.79 Å². The Morgan fingerprint density at radius 3 is 2.67 bits per heavy atom. The van der Waals surface area contributed by atoms with Crippen LogP contribution < -0.4 is 15.5 Å². The van der Waals surface area contributed by atoms with Gasteiger partial charge in [-0.15, -0.1) is 10.2 Å². The third kappa shape index (κ3) is 5.47. The number of rotatable bonds is 8. The van der Waals surface area contributed by atoms with E-state index in [1.165, 1.54) is 43.3 Å². The number of esters is 1. The lowest BCUT2D eigenvalue weighted by molar-refractivity contribution is -0.118. The van der Waals surface area contributed by atoms with E-state index < -0.39 is 17.3 Å². The zero-order chi connectivity index (χ0) is 21.5. The van der Waals surface area contributed by atoms with Gasteiger partial charge in [0.2, 0.25) is 11.2 Å². The highest BCUT2D eigenvalue weighted by molar-refractivity contribution is 7.98. The Balaban J connectivity index is 1.51. The molecular formula is C19H18N4O6S. The summed E-state index contributed by atoms with van der Waals surface area (Å²) in [6, 6.07) is 7.47. The van der Waals surface area contributed by atoms with Crippen LogP contribution >= 0.6 is 11.8 Å². The molecular weight excluding hydrogens is 412 g/mol. The average Bonchev–Trinajstić information content (AvgIpc) is 3.16. The van der Waals surface area contributed by atoms with Crippen molar-refractivity contribution in [1.29, 1.82) is 0 Å². The van der Waals surface area contributed by atoms with Crippen molar-refractivity contribution in [2.75, 3.05) is 19.0 Å². The lowest BCUT2D eigenvalue weighted by Gasteiger charge is -2.08. The number of methoxy groups -OCH3 is 1. The maximum absolute atomic E-state index is 12.2. The first-order valence-electron chi connectivity index (χ1n) is 8.66. The molecule has 0 spiro atoms. The molecule has 0 fully saturated rings. The van der Waals surface area contributed by atoms with Gasteiger partial charge >= 0.3 is 5.97 Å². The van der Waals surface area contributed by atoms with Gasteiger partial charge in [0.1, 0.15) is 18.4 Å². The lowest BCUT2D eigenvalue weighted by Crippen LogP contribution is -2.22. The molecule has 1 amide bonds. The number of anilines is 1. The molecule has 0 radical (unpaired) electrons. The van der Waals surface area contributed by atoms with Crippen LogP contribution in [0.25, 0.3) is 0 Å². The molecule has 156 valence electrons. The third-order valence-electron chi connectivity index (χ3n) is 3.81. The van der Waals surface area contributed by atoms with E-state index in [0.717, 1.165) is 0 Å². The normalized spacial score (nSPS) is 10.5. The molecule has 0 saturated heterocycles. The third-order valence-corrected chi connectivity index (χ3v) is 4.87. The molecule has 1 N–H and O–H groups in total. The minimum atomic E-state index is -0.471. The smallest absolute Gasteiger partial charge is 0.337 e. The number of benzene rings is 1. The predicted octanol–water partition coefficient (Wildman–Crippen LogP) is 1.86. The minimum absolute atomic E-state index is 0.0707. The van der Waals surface area contributed by atoms with E-state index in [9.17, 15) is 14.4 Å². The van der Waals surface area contributed by atoms with Crippen LogP contribution in [0, 0.1) is 0 Å². The van der Waals surface area contributed by atoms with Crippen LogP contribution in [0.15, 0.2) is 57.3 Å². The Bertz CT molecular complexity index is 1090. The van der Waals surface area contributed by atoms with Gasteiger partial charge in [-0.3, -0.25) is 9.59 Å². The summed E-state index contributed by atoms with van der Waals surface area (Å²) < 4.78 is 17.0. The Labute approximate surface area is 175 Å². The van der Waals surface area contributed by atoms with Gasteiger partial charge < -0.3 is 23.8 Å². The summed E-state index contributed by atoms with van der Waals surface area (Å²) in [6.07, 6.45) is 2.75. The molecule has 0 bridgehead atoms. The molecule has 0 unspecified atom stereocenters. The van der Waals surface area contributed by atoms with Gasteiger partial charge in [0, 0.05) is 18.8 Å². The largest absolute Gasteiger partial charge is 0.477 e. The summed E-state index contributed by atoms with van der Waals surface area (Å²) in [5.74, 6) is -0.179. The monoisotopic (exact) mass is 430 g/mol. The first-order chi connectivity index (χ1) is 14.5. The van der Waals surface area contributed by atoms with E-state index in [4.69, 9.17) is 9.15 Å². The van der Waals surface area contributed by atoms with E-state index in [2.05, 4.69) is 20.3 Å². The number of aryl methyl sites for hydroxylation is 1. The fraction of sp³-hybridized carbons (Fsp3) is 0.211. The Kier molecular flexibility index (Phi) is 6.86. The molecule has 0 aliphatic heterocycles. The topological polar surface area (TPSA) is 126 Å². The summed E-state index contributed by atoms with van der Waals surface area (Å²) in [5, 5.41) is 11.0. The lowest BCUT2D eigenvalue weighted by atomic mass is 10.2. The van der Waals surface area contributed by atoms with Gasteiger partial charge in [-0.05, 0) is 24.3 Å². The van der Waals surface area contributed by atoms with E-state index in [-0.39, 0.29) is 12.4 Å². The molecule has 10 nitrogen and oxygen atoms in total. The van der Waals surface area contributed by atoms with E-state index in [1.54, 1.807) is 23.0 Å². The fourth-order valence-corrected chi connectivity index (χ4v) is 3.08. The maximum atomic E-state index is 12.2. The van der Waals surface area contributed by atoms with Crippen molar-refractivity contribution in [1.82, 2.24) is 14.8 Å². The van der Waals surface area contributed by atoms with Gasteiger partial charge in [0.15, 0.2) is 11.8 Å². The second-order valence-electron chi connectivity index (χ2n) is 5.99. The molecule has 2 aromatic heterocycles. The Hall–Kier alpha value is -3.60. The SMILES string of the molecule is COC(=O)c1ccc(NC(=O)COc2coc(CSc3nncn3C)cc2=O)cc1. The zero-order valence-corrected chi connectivity index (χ0v) is 17.0. The maximum Gasteiger partial charge on any atom is 0.337 e. The Morgan fingerprint density at radius 1 is 1.27 bits per heavy atom. The highest BCUT2D eigenvalue weighted by Crippen LogP contribution is 2.20. The van der Waals surface area contributed by atoms with Crippen LogP contribution in [0.1, 0.15) is 16.1 Å². The van der Waals surface area contributed by atoms with E-state index in [1.807, 2.05) is 7.05 Å². The highest BCUT2D eigenvalue weighted by Gasteiger charge is 2.11. The van der Waals surface area contributed by atoms with E-state index >= 15 is 0 Å². The van der Waals surface area contributed by atoms with Crippen LogP contribution in [0.2, 0.25) is 0 Å². The standard InChI is InChI=1S/C19H18N4O6S/c1-23-11-20-22-19(23)30-10-14-7-15(24)16(8-28-14)29-9-17(25)21-13-5-3-12(4-6-13)18(26)27-2/h3-8,11H,9-10H2,1-2H3,(H,21,25). The number of carbonyl (C=O) groups excluding carboxylic acids is 2. The first kappa shape index (κ1) is 21.1. The van der Waals surface area contributed by atoms with Gasteiger partial charge in [-0.2, -0.15) is 0 Å². The molecule has 1 aromatic carbocycles. The first-order valence-corrected chi connectivity index (χ1v) is 9.64. The molecule has 2 heterocycles. The van der Waals surface area contributed by atoms with Crippen molar-refractivity contribution in [3.8, 4) is 5.75 Å². The van der Waals surface area contributed by atoms with Crippen molar-refractivity contribution < 1.29 is 23.5 Å². The summed E-state index contributed by atoms with van der Waals surface area (Å²) in [7, 11) is 3.10. The second-order valence-corrected chi connectivity index (χ2v) is 6.94. The highest BCUT2D eigenvalue weighted by atomic mass is 32.2. The van der Waals surface area contributed by atoms with Crippen molar-refractivity contribution in [3.05, 3.63) is 64.5 Å². The number of ether oxygens (including phenoxy) is 2. The molecule has 3 rings (SSSR count). The molecule has 0 atom stereocenters. The summed E-state index contributed by atoms with van der Waals surface area (Å²) >= 11 is 1.37. The number of nitrogens with zero attached hydrogens (tertiary/aromatic N) is 3. The second kappa shape index (κ2) is 9.74. The van der Waals surface area contributed by atoms with E-state index in [0.29, 0.717) is 27.9 Å². The van der Waals surface area contributed by atoms with Crippen LogP contribution in [-0.2, 0) is 22.3 Å². The van der Waals surface area contributed by atoms with Gasteiger partial charge in [0.25, 0.3) is 5.91 Å². The van der Waals surface area contributed by atoms with Crippen molar-refractivity contribution in [3.63, 3.8) is 0 Å². The molecule has 30 heavy (non-hydrogen) atoms. The number of amides is 1. The van der Waals surface area contributed by atoms with Gasteiger partial charge in [-0.1, -0.05) is 11.8 Å². The fourth-order valence-electron chi connectivity index (χ4n) is 2.31. The number of hydrogen-bond acceptors (Lipinski definition) is 9. The summed E-state index contributed by atoms with van der Waals surface area (Å²) in [6.45, 7) is -0.378. The summed E-state index contributed by atoms with van der Waals surface area (Å²) in [5.41, 5.74) is 0.436. The average molecular weight is 430 g/mol. The molecule has 0 aliphatic carbocycles. The van der Waals surface area contributed by atoms with Crippen molar-refractivity contribution >= 4 is 29.3 Å². The van der Waals surface area contributed by atoms with Crippen molar-refractivity contribution in [2.45, 2.75) is 10.9 Å². The van der Waals surface area contributed by atoms with Crippen molar-refractivity contribution in [2.24, 2.45) is 7.05 Å². The number of hydrogen-bond donors (Lipinski definition) is 1. The number of carbonyl (C=O) groups is 2. The number of thioether (sulfide) groups is 1. The summed E-state index contributed by atoms with van der Waals surface area (Å²) in [4.78, 5) is 35.6. The minimum Gasteiger partial charge on any atom is -0.477 e.